The van der Waals surface area contributed by atoms with E-state index in [1.807, 2.05) is 6.92 Å². The van der Waals surface area contributed by atoms with Gasteiger partial charge in [-0.2, -0.15) is 0 Å². The molecule has 0 bridgehead atoms. The first-order valence-electron chi connectivity index (χ1n) is 7.03. The van der Waals surface area contributed by atoms with Crippen LogP contribution in [0.3, 0.4) is 0 Å². The summed E-state index contributed by atoms with van der Waals surface area (Å²) in [5.41, 5.74) is 1.89. The largest absolute Gasteiger partial charge is 0.377 e. The molecular formula is C15H20BrN3O2. The predicted octanol–water partition coefficient (Wildman–Crippen LogP) is 3.81. The molecule has 5 nitrogen and oxygen atoms in total. The number of nitro groups is 1. The van der Waals surface area contributed by atoms with Crippen molar-refractivity contribution in [2.75, 3.05) is 25.0 Å². The zero-order valence-electron chi connectivity index (χ0n) is 12.1. The van der Waals surface area contributed by atoms with E-state index >= 15 is 0 Å². The summed E-state index contributed by atoms with van der Waals surface area (Å²) in [7, 11) is 0. The molecule has 2 rings (SSSR count). The first-order valence-corrected chi connectivity index (χ1v) is 7.82. The average molecular weight is 354 g/mol. The molecule has 0 atom stereocenters. The molecule has 0 saturated carbocycles. The fourth-order valence-corrected chi connectivity index (χ4v) is 2.98. The lowest BCUT2D eigenvalue weighted by Gasteiger charge is -2.32. The summed E-state index contributed by atoms with van der Waals surface area (Å²) < 4.78 is 0.843. The molecule has 0 aromatic heterocycles. The summed E-state index contributed by atoms with van der Waals surface area (Å²) in [4.78, 5) is 13.1. The molecule has 6 heteroatoms. The zero-order valence-corrected chi connectivity index (χ0v) is 13.7. The molecule has 1 saturated heterocycles. The van der Waals surface area contributed by atoms with Gasteiger partial charge in [0.2, 0.25) is 0 Å². The Hall–Kier alpha value is -1.40. The van der Waals surface area contributed by atoms with E-state index < -0.39 is 0 Å². The summed E-state index contributed by atoms with van der Waals surface area (Å²) in [6.45, 7) is 8.90. The summed E-state index contributed by atoms with van der Waals surface area (Å²) in [6, 6.07) is 5.28. The molecule has 1 heterocycles. The van der Waals surface area contributed by atoms with Crippen molar-refractivity contribution in [2.45, 2.75) is 25.8 Å². The third-order valence-electron chi connectivity index (χ3n) is 3.60. The van der Waals surface area contributed by atoms with E-state index in [0.29, 0.717) is 5.69 Å². The highest BCUT2D eigenvalue weighted by Crippen LogP contribution is 2.29. The Balaban J connectivity index is 1.99. The van der Waals surface area contributed by atoms with E-state index in [-0.39, 0.29) is 16.7 Å². The Morgan fingerprint density at radius 1 is 1.52 bits per heavy atom. The Morgan fingerprint density at radius 2 is 2.19 bits per heavy atom. The van der Waals surface area contributed by atoms with Crippen LogP contribution in [0.25, 0.3) is 0 Å². The number of rotatable bonds is 5. The van der Waals surface area contributed by atoms with Crippen LogP contribution >= 0.6 is 15.9 Å². The number of nitrogens with one attached hydrogen (secondary N) is 1. The molecule has 114 valence electrons. The van der Waals surface area contributed by atoms with Crippen LogP contribution in [-0.2, 0) is 0 Å². The zero-order chi connectivity index (χ0) is 15.4. The van der Waals surface area contributed by atoms with Crippen LogP contribution in [0, 0.1) is 10.1 Å². The molecule has 1 aromatic carbocycles. The van der Waals surface area contributed by atoms with Crippen molar-refractivity contribution in [3.63, 3.8) is 0 Å². The van der Waals surface area contributed by atoms with E-state index in [2.05, 4.69) is 32.7 Å². The van der Waals surface area contributed by atoms with E-state index in [0.717, 1.165) is 36.9 Å². The van der Waals surface area contributed by atoms with Gasteiger partial charge in [-0.15, -0.1) is 0 Å². The normalized spacial score (nSPS) is 16.7. The molecule has 1 aliphatic heterocycles. The van der Waals surface area contributed by atoms with Gasteiger partial charge in [0.05, 0.1) is 4.92 Å². The van der Waals surface area contributed by atoms with Gasteiger partial charge >= 0.3 is 0 Å². The summed E-state index contributed by atoms with van der Waals surface area (Å²) >= 11 is 3.37. The smallest absolute Gasteiger partial charge is 0.292 e. The highest BCUT2D eigenvalue weighted by Gasteiger charge is 2.22. The summed E-state index contributed by atoms with van der Waals surface area (Å²) in [5, 5.41) is 14.4. The van der Waals surface area contributed by atoms with Gasteiger partial charge < -0.3 is 5.32 Å². The first-order chi connectivity index (χ1) is 9.95. The fourth-order valence-electron chi connectivity index (χ4n) is 2.62. The maximum atomic E-state index is 11.1. The van der Waals surface area contributed by atoms with Gasteiger partial charge in [0.1, 0.15) is 5.69 Å². The number of anilines is 1. The van der Waals surface area contributed by atoms with Gasteiger partial charge in [-0.05, 0) is 31.9 Å². The third-order valence-corrected chi connectivity index (χ3v) is 4.09. The van der Waals surface area contributed by atoms with Crippen molar-refractivity contribution >= 4 is 27.3 Å². The Bertz CT molecular complexity index is 540. The number of likely N-dealkylation sites (tertiary alicyclic amines) is 1. The van der Waals surface area contributed by atoms with Crippen LogP contribution in [0.5, 0.6) is 0 Å². The maximum absolute atomic E-state index is 11.1. The van der Waals surface area contributed by atoms with E-state index in [1.165, 1.54) is 11.6 Å². The lowest BCUT2D eigenvalue weighted by Crippen LogP contribution is -2.39. The van der Waals surface area contributed by atoms with Crippen LogP contribution < -0.4 is 5.32 Å². The number of nitro benzene ring substituents is 1. The van der Waals surface area contributed by atoms with Gasteiger partial charge in [-0.3, -0.25) is 15.0 Å². The molecule has 1 aromatic rings. The Kier molecular flexibility index (Phi) is 5.36. The first kappa shape index (κ1) is 16.0. The molecule has 0 aliphatic carbocycles. The van der Waals surface area contributed by atoms with Gasteiger partial charge in [-0.25, -0.2) is 0 Å². The van der Waals surface area contributed by atoms with Crippen LogP contribution in [0.4, 0.5) is 11.4 Å². The number of halogens is 1. The molecule has 21 heavy (non-hydrogen) atoms. The van der Waals surface area contributed by atoms with Crippen molar-refractivity contribution in [3.8, 4) is 0 Å². The highest BCUT2D eigenvalue weighted by atomic mass is 79.9. The molecule has 1 fully saturated rings. The van der Waals surface area contributed by atoms with Crippen molar-refractivity contribution in [1.82, 2.24) is 4.90 Å². The quantitative estimate of drug-likeness (QED) is 0.496. The minimum atomic E-state index is -0.342. The van der Waals surface area contributed by atoms with Crippen LogP contribution in [-0.4, -0.2) is 35.5 Å². The summed E-state index contributed by atoms with van der Waals surface area (Å²) in [5.74, 6) is 0. The predicted molar refractivity (Wildman–Crippen MR) is 88.7 cm³/mol. The number of benzene rings is 1. The van der Waals surface area contributed by atoms with Gasteiger partial charge in [0.25, 0.3) is 5.69 Å². The molecule has 0 spiro atoms. The minimum absolute atomic E-state index is 0.127. The Labute approximate surface area is 133 Å². The molecule has 0 unspecified atom stereocenters. The molecule has 1 aliphatic rings. The monoisotopic (exact) mass is 353 g/mol. The standard InChI is InChI=1S/C15H20BrN3O2/c1-11(2)10-18-7-5-13(6-8-18)17-14-9-12(16)3-4-15(14)19(20)21/h3-4,9,13,17H,1,5-8,10H2,2H3. The SMILES string of the molecule is C=C(C)CN1CCC(Nc2cc(Br)ccc2[N+](=O)[O-])CC1. The topological polar surface area (TPSA) is 58.4 Å². The second-order valence-corrected chi connectivity index (χ2v) is 6.49. The molecule has 0 radical (unpaired) electrons. The van der Waals surface area contributed by atoms with Gasteiger partial charge in [-0.1, -0.05) is 28.1 Å². The molecule has 0 amide bonds. The van der Waals surface area contributed by atoms with Gasteiger partial charge in [0, 0.05) is 36.2 Å². The maximum Gasteiger partial charge on any atom is 0.292 e. The number of nitrogens with zero attached hydrogens (tertiary/aromatic N) is 2. The summed E-state index contributed by atoms with van der Waals surface area (Å²) in [6.07, 6.45) is 1.97. The Morgan fingerprint density at radius 3 is 2.76 bits per heavy atom. The third kappa shape index (κ3) is 4.54. The van der Waals surface area contributed by atoms with E-state index in [9.17, 15) is 10.1 Å². The van der Waals surface area contributed by atoms with Gasteiger partial charge in [0.15, 0.2) is 0 Å². The van der Waals surface area contributed by atoms with Crippen LogP contribution in [0.15, 0.2) is 34.8 Å². The minimum Gasteiger partial charge on any atom is -0.377 e. The lowest BCUT2D eigenvalue weighted by atomic mass is 10.0. The van der Waals surface area contributed by atoms with Crippen molar-refractivity contribution in [2.24, 2.45) is 0 Å². The number of piperidine rings is 1. The number of hydrogen-bond donors (Lipinski definition) is 1. The van der Waals surface area contributed by atoms with Crippen LogP contribution in [0.1, 0.15) is 19.8 Å². The van der Waals surface area contributed by atoms with Crippen molar-refractivity contribution < 1.29 is 4.92 Å². The van der Waals surface area contributed by atoms with E-state index in [1.54, 1.807) is 12.1 Å². The second kappa shape index (κ2) is 7.04. The second-order valence-electron chi connectivity index (χ2n) is 5.57. The highest BCUT2D eigenvalue weighted by molar-refractivity contribution is 9.10. The molecular weight excluding hydrogens is 334 g/mol. The van der Waals surface area contributed by atoms with Crippen molar-refractivity contribution in [3.05, 3.63) is 44.9 Å². The van der Waals surface area contributed by atoms with Crippen LogP contribution in [0.2, 0.25) is 0 Å². The van der Waals surface area contributed by atoms with E-state index in [4.69, 9.17) is 0 Å². The fraction of sp³-hybridized carbons (Fsp3) is 0.467. The average Bonchev–Trinajstić information content (AvgIpc) is 2.40. The molecule has 1 N–H and O–H groups in total. The number of hydrogen-bond acceptors (Lipinski definition) is 4. The lowest BCUT2D eigenvalue weighted by molar-refractivity contribution is -0.384. The van der Waals surface area contributed by atoms with Crippen molar-refractivity contribution in [1.29, 1.82) is 0 Å².